The molecule has 6 nitrogen and oxygen atoms in total. The SMILES string of the molecule is C=CCCC(=O)N(CC(=O)OC)CC(=O)OC. The maximum atomic E-state index is 11.7. The average Bonchev–Trinajstić information content (AvgIpc) is 2.34. The Bertz CT molecular complexity index is 282. The van der Waals surface area contributed by atoms with E-state index in [1.165, 1.54) is 14.2 Å². The summed E-state index contributed by atoms with van der Waals surface area (Å²) in [5, 5.41) is 0. The lowest BCUT2D eigenvalue weighted by Gasteiger charge is -2.19. The predicted molar refractivity (Wildman–Crippen MR) is 60.0 cm³/mol. The van der Waals surface area contributed by atoms with Gasteiger partial charge in [-0.1, -0.05) is 6.08 Å². The third kappa shape index (κ3) is 6.34. The lowest BCUT2D eigenvalue weighted by molar-refractivity contribution is -0.152. The molecule has 0 aromatic rings. The third-order valence-electron chi connectivity index (χ3n) is 2.01. The van der Waals surface area contributed by atoms with Crippen LogP contribution in [0.3, 0.4) is 0 Å². The van der Waals surface area contributed by atoms with Gasteiger partial charge >= 0.3 is 11.9 Å². The number of carbonyl (C=O) groups is 3. The van der Waals surface area contributed by atoms with Gasteiger partial charge in [-0.3, -0.25) is 14.4 Å². The van der Waals surface area contributed by atoms with Gasteiger partial charge in [0.15, 0.2) is 0 Å². The monoisotopic (exact) mass is 243 g/mol. The van der Waals surface area contributed by atoms with Crippen LogP contribution in [0.1, 0.15) is 12.8 Å². The van der Waals surface area contributed by atoms with E-state index in [9.17, 15) is 14.4 Å². The van der Waals surface area contributed by atoms with Gasteiger partial charge in [0.1, 0.15) is 13.1 Å². The molecule has 96 valence electrons. The summed E-state index contributed by atoms with van der Waals surface area (Å²) in [7, 11) is 2.43. The van der Waals surface area contributed by atoms with Crippen LogP contribution in [0.15, 0.2) is 12.7 Å². The van der Waals surface area contributed by atoms with Crippen LogP contribution in [0.4, 0.5) is 0 Å². The zero-order valence-corrected chi connectivity index (χ0v) is 10.1. The second kappa shape index (κ2) is 8.32. The molecular weight excluding hydrogens is 226 g/mol. The molecule has 0 radical (unpaired) electrons. The number of methoxy groups -OCH3 is 2. The molecule has 0 rings (SSSR count). The summed E-state index contributed by atoms with van der Waals surface area (Å²) in [6.45, 7) is 2.97. The van der Waals surface area contributed by atoms with Crippen molar-refractivity contribution in [3.8, 4) is 0 Å². The number of nitrogens with zero attached hydrogens (tertiary/aromatic N) is 1. The summed E-state index contributed by atoms with van der Waals surface area (Å²) in [6.07, 6.45) is 2.27. The highest BCUT2D eigenvalue weighted by atomic mass is 16.5. The van der Waals surface area contributed by atoms with Gasteiger partial charge in [0.25, 0.3) is 0 Å². The van der Waals surface area contributed by atoms with Gasteiger partial charge in [0.2, 0.25) is 5.91 Å². The van der Waals surface area contributed by atoms with Crippen molar-refractivity contribution in [3.05, 3.63) is 12.7 Å². The maximum absolute atomic E-state index is 11.7. The molecule has 6 heteroatoms. The lowest BCUT2D eigenvalue weighted by atomic mass is 10.2. The second-order valence-electron chi connectivity index (χ2n) is 3.23. The van der Waals surface area contributed by atoms with Crippen LogP contribution in [-0.2, 0) is 23.9 Å². The van der Waals surface area contributed by atoms with Crippen LogP contribution in [-0.4, -0.2) is 50.1 Å². The summed E-state index contributed by atoms with van der Waals surface area (Å²) in [6, 6.07) is 0. The largest absolute Gasteiger partial charge is 0.468 e. The average molecular weight is 243 g/mol. The van der Waals surface area contributed by atoms with E-state index < -0.39 is 11.9 Å². The molecule has 0 aromatic heterocycles. The Balaban J connectivity index is 4.47. The minimum Gasteiger partial charge on any atom is -0.468 e. The van der Waals surface area contributed by atoms with E-state index in [0.717, 1.165) is 4.90 Å². The molecule has 0 atom stereocenters. The summed E-state index contributed by atoms with van der Waals surface area (Å²) in [4.78, 5) is 34.9. The number of rotatable bonds is 7. The molecule has 0 aliphatic heterocycles. The standard InChI is InChI=1S/C11H17NO5/c1-4-5-6-9(13)12(7-10(14)16-2)8-11(15)17-3/h4H,1,5-8H2,2-3H3. The van der Waals surface area contributed by atoms with Gasteiger partial charge in [0, 0.05) is 6.42 Å². The van der Waals surface area contributed by atoms with Crippen molar-refractivity contribution < 1.29 is 23.9 Å². The highest BCUT2D eigenvalue weighted by Crippen LogP contribution is 2.00. The fourth-order valence-electron chi connectivity index (χ4n) is 1.06. The summed E-state index contributed by atoms with van der Waals surface area (Å²) in [5.74, 6) is -1.48. The maximum Gasteiger partial charge on any atom is 0.325 e. The van der Waals surface area contributed by atoms with Gasteiger partial charge in [-0.2, -0.15) is 0 Å². The zero-order chi connectivity index (χ0) is 13.3. The Morgan fingerprint density at radius 2 is 1.59 bits per heavy atom. The minimum absolute atomic E-state index is 0.192. The number of amides is 1. The first-order chi connectivity index (χ1) is 8.04. The number of hydrogen-bond donors (Lipinski definition) is 0. The summed E-state index contributed by atoms with van der Waals surface area (Å²) >= 11 is 0. The summed E-state index contributed by atoms with van der Waals surface area (Å²) in [5.41, 5.74) is 0. The van der Waals surface area contributed by atoms with E-state index >= 15 is 0 Å². The van der Waals surface area contributed by atoms with Crippen molar-refractivity contribution in [2.24, 2.45) is 0 Å². The Hall–Kier alpha value is -1.85. The van der Waals surface area contributed by atoms with Gasteiger partial charge in [0.05, 0.1) is 14.2 Å². The second-order valence-corrected chi connectivity index (χ2v) is 3.23. The zero-order valence-electron chi connectivity index (χ0n) is 10.1. The quantitative estimate of drug-likeness (QED) is 0.469. The van der Waals surface area contributed by atoms with Crippen LogP contribution in [0.5, 0.6) is 0 Å². The molecule has 0 saturated carbocycles. The van der Waals surface area contributed by atoms with Crippen molar-refractivity contribution in [2.45, 2.75) is 12.8 Å². The first kappa shape index (κ1) is 15.2. The molecule has 0 N–H and O–H groups in total. The fourth-order valence-corrected chi connectivity index (χ4v) is 1.06. The molecule has 0 bridgehead atoms. The predicted octanol–water partition coefficient (Wildman–Crippen LogP) is 0.127. The number of carbonyl (C=O) groups excluding carboxylic acids is 3. The Kier molecular flexibility index (Phi) is 7.41. The minimum atomic E-state index is -0.583. The molecular formula is C11H17NO5. The van der Waals surface area contributed by atoms with E-state index in [-0.39, 0.29) is 25.4 Å². The molecule has 0 heterocycles. The Labute approximate surface area is 100 Å². The van der Waals surface area contributed by atoms with Crippen molar-refractivity contribution in [3.63, 3.8) is 0 Å². The lowest BCUT2D eigenvalue weighted by Crippen LogP contribution is -2.40. The summed E-state index contributed by atoms with van der Waals surface area (Å²) < 4.78 is 8.89. The number of allylic oxidation sites excluding steroid dienone is 1. The molecule has 17 heavy (non-hydrogen) atoms. The van der Waals surface area contributed by atoms with E-state index in [0.29, 0.717) is 6.42 Å². The van der Waals surface area contributed by atoms with Gasteiger partial charge in [-0.05, 0) is 6.42 Å². The first-order valence-electron chi connectivity index (χ1n) is 5.07. The molecule has 0 fully saturated rings. The van der Waals surface area contributed by atoms with E-state index in [1.54, 1.807) is 6.08 Å². The molecule has 0 aliphatic rings. The van der Waals surface area contributed by atoms with Gasteiger partial charge in [-0.15, -0.1) is 6.58 Å². The number of esters is 2. The van der Waals surface area contributed by atoms with Gasteiger partial charge in [-0.25, -0.2) is 0 Å². The fraction of sp³-hybridized carbons (Fsp3) is 0.545. The van der Waals surface area contributed by atoms with Crippen LogP contribution in [0.25, 0.3) is 0 Å². The van der Waals surface area contributed by atoms with Crippen LogP contribution in [0, 0.1) is 0 Å². The topological polar surface area (TPSA) is 72.9 Å². The number of hydrogen-bond acceptors (Lipinski definition) is 5. The molecule has 0 aliphatic carbocycles. The molecule has 0 unspecified atom stereocenters. The van der Waals surface area contributed by atoms with Crippen LogP contribution >= 0.6 is 0 Å². The third-order valence-corrected chi connectivity index (χ3v) is 2.01. The normalized spacial score (nSPS) is 9.29. The van der Waals surface area contributed by atoms with E-state index in [1.807, 2.05) is 0 Å². The molecule has 1 amide bonds. The molecule has 0 aromatic carbocycles. The van der Waals surface area contributed by atoms with Crippen molar-refractivity contribution in [2.75, 3.05) is 27.3 Å². The smallest absolute Gasteiger partial charge is 0.325 e. The first-order valence-corrected chi connectivity index (χ1v) is 5.07. The van der Waals surface area contributed by atoms with E-state index in [2.05, 4.69) is 16.1 Å². The highest BCUT2D eigenvalue weighted by Gasteiger charge is 2.20. The highest BCUT2D eigenvalue weighted by molar-refractivity contribution is 5.86. The van der Waals surface area contributed by atoms with Gasteiger partial charge < -0.3 is 14.4 Å². The molecule has 0 saturated heterocycles. The van der Waals surface area contributed by atoms with Crippen molar-refractivity contribution in [1.29, 1.82) is 0 Å². The number of ether oxygens (including phenoxy) is 2. The van der Waals surface area contributed by atoms with Crippen LogP contribution < -0.4 is 0 Å². The Morgan fingerprint density at radius 1 is 1.12 bits per heavy atom. The van der Waals surface area contributed by atoms with Crippen molar-refractivity contribution >= 4 is 17.8 Å². The van der Waals surface area contributed by atoms with Crippen molar-refractivity contribution in [1.82, 2.24) is 4.90 Å². The molecule has 0 spiro atoms. The van der Waals surface area contributed by atoms with Crippen LogP contribution in [0.2, 0.25) is 0 Å². The Morgan fingerprint density at radius 3 is 1.94 bits per heavy atom. The van der Waals surface area contributed by atoms with E-state index in [4.69, 9.17) is 0 Å².